The minimum absolute atomic E-state index is 0.0649. The van der Waals surface area contributed by atoms with E-state index < -0.39 is 36.4 Å². The number of benzene rings is 2. The second-order valence-electron chi connectivity index (χ2n) is 16.7. The van der Waals surface area contributed by atoms with E-state index >= 15 is 0 Å². The fraction of sp³-hybridized carbons (Fsp3) is 0.417. The van der Waals surface area contributed by atoms with E-state index in [0.29, 0.717) is 76.8 Å². The van der Waals surface area contributed by atoms with Gasteiger partial charge in [0.2, 0.25) is 11.8 Å². The summed E-state index contributed by atoms with van der Waals surface area (Å²) in [5.74, 6) is 7.29. The lowest BCUT2D eigenvalue weighted by Crippen LogP contribution is -2.53. The molecule has 0 aliphatic carbocycles. The number of nitrogens with zero attached hydrogens (tertiary/aromatic N) is 4. The van der Waals surface area contributed by atoms with Crippen LogP contribution in [0.25, 0.3) is 22.5 Å². The van der Waals surface area contributed by atoms with Gasteiger partial charge in [-0.3, -0.25) is 9.59 Å². The van der Waals surface area contributed by atoms with E-state index in [1.54, 1.807) is 22.2 Å². The Labute approximate surface area is 372 Å². The fourth-order valence-electron chi connectivity index (χ4n) is 8.91. The second kappa shape index (κ2) is 19.8. The first-order valence-electron chi connectivity index (χ1n) is 21.7. The Hall–Kier alpha value is -6.70. The van der Waals surface area contributed by atoms with E-state index in [4.69, 9.17) is 18.9 Å². The van der Waals surface area contributed by atoms with Crippen molar-refractivity contribution in [2.75, 3.05) is 53.7 Å². The number of carbonyl (C=O) groups is 4. The van der Waals surface area contributed by atoms with Crippen LogP contribution in [0, 0.1) is 23.7 Å². The number of amides is 4. The summed E-state index contributed by atoms with van der Waals surface area (Å²) in [6.45, 7) is 6.98. The van der Waals surface area contributed by atoms with Crippen molar-refractivity contribution in [3.8, 4) is 34.4 Å². The molecule has 4 atom stereocenters. The van der Waals surface area contributed by atoms with E-state index in [1.165, 1.54) is 14.2 Å². The molecule has 6 heterocycles. The molecule has 0 spiro atoms. The minimum atomic E-state index is -0.735. The Morgan fingerprint density at radius 3 is 1.38 bits per heavy atom. The first kappa shape index (κ1) is 43.9. The second-order valence-corrected chi connectivity index (χ2v) is 16.7. The monoisotopic (exact) mass is 870 g/mol. The normalized spacial score (nSPS) is 20.1. The van der Waals surface area contributed by atoms with Crippen LogP contribution in [-0.2, 0) is 28.5 Å². The van der Waals surface area contributed by atoms with Crippen LogP contribution in [0.2, 0.25) is 0 Å². The zero-order valence-corrected chi connectivity index (χ0v) is 36.5. The molecule has 4 aliphatic heterocycles. The number of hydrogen-bond acceptors (Lipinski definition) is 10. The number of ether oxygens (including phenoxy) is 4. The quantitative estimate of drug-likeness (QED) is 0.111. The summed E-state index contributed by atoms with van der Waals surface area (Å²) in [6.07, 6.45) is 8.98. The number of methoxy groups -OCH3 is 2. The number of nitrogens with one attached hydrogen (secondary N) is 4. The van der Waals surface area contributed by atoms with Gasteiger partial charge in [-0.25, -0.2) is 19.6 Å². The summed E-state index contributed by atoms with van der Waals surface area (Å²) in [6, 6.07) is 13.5. The van der Waals surface area contributed by atoms with Crippen molar-refractivity contribution < 1.29 is 38.1 Å². The van der Waals surface area contributed by atoms with E-state index in [-0.39, 0.29) is 23.7 Å². The SMILES string of the molecule is COC(=O)N[C@H](C(=O)N1CC(C)=CC1c1ncc(-c2ccc(C#Cc3ccc(-c4cnc(C5C=C(C)CN5C(=O)[C@@H](NC(=O)OC)C5CCOCC5)[nH]4)cc3)cc2)[nH]1)C1CCOCC1. The Morgan fingerprint density at radius 1 is 0.641 bits per heavy atom. The van der Waals surface area contributed by atoms with Crippen molar-refractivity contribution in [1.82, 2.24) is 40.4 Å². The molecule has 16 heteroatoms. The van der Waals surface area contributed by atoms with Crippen LogP contribution in [-0.4, -0.2) is 120 Å². The Kier molecular flexibility index (Phi) is 13.6. The van der Waals surface area contributed by atoms with E-state index in [9.17, 15) is 19.2 Å². The van der Waals surface area contributed by atoms with Crippen molar-refractivity contribution in [2.45, 2.75) is 63.7 Å². The third-order valence-corrected chi connectivity index (χ3v) is 12.4. The highest BCUT2D eigenvalue weighted by atomic mass is 16.5. The van der Waals surface area contributed by atoms with Crippen LogP contribution in [0.15, 0.2) is 84.2 Å². The molecule has 334 valence electrons. The number of rotatable bonds is 10. The van der Waals surface area contributed by atoms with Gasteiger partial charge < -0.3 is 49.3 Å². The number of aromatic amines is 2. The van der Waals surface area contributed by atoms with Crippen LogP contribution in [0.1, 0.15) is 74.4 Å². The molecular formula is C48H54N8O8. The topological polar surface area (TPSA) is 193 Å². The summed E-state index contributed by atoms with van der Waals surface area (Å²) in [5.41, 5.74) is 7.21. The van der Waals surface area contributed by atoms with Crippen molar-refractivity contribution >= 4 is 24.0 Å². The van der Waals surface area contributed by atoms with E-state index in [0.717, 1.165) is 44.8 Å². The summed E-state index contributed by atoms with van der Waals surface area (Å²) < 4.78 is 20.8. The van der Waals surface area contributed by atoms with Gasteiger partial charge in [-0.1, -0.05) is 59.4 Å². The van der Waals surface area contributed by atoms with Crippen LogP contribution in [0.3, 0.4) is 0 Å². The third kappa shape index (κ3) is 9.91. The van der Waals surface area contributed by atoms with Gasteiger partial charge in [-0.15, -0.1) is 0 Å². The van der Waals surface area contributed by atoms with Crippen LogP contribution < -0.4 is 10.6 Å². The first-order valence-corrected chi connectivity index (χ1v) is 21.7. The molecule has 0 saturated carbocycles. The molecule has 2 saturated heterocycles. The number of alkyl carbamates (subject to hydrolysis) is 2. The lowest BCUT2D eigenvalue weighted by molar-refractivity contribution is -0.137. The van der Waals surface area contributed by atoms with Gasteiger partial charge >= 0.3 is 12.2 Å². The molecular weight excluding hydrogens is 817 g/mol. The largest absolute Gasteiger partial charge is 0.453 e. The van der Waals surface area contributed by atoms with Gasteiger partial charge in [-0.05, 0) is 86.8 Å². The molecule has 4 aliphatic rings. The number of carbonyl (C=O) groups excluding carboxylic acids is 4. The highest BCUT2D eigenvalue weighted by Gasteiger charge is 2.41. The van der Waals surface area contributed by atoms with Gasteiger partial charge in [-0.2, -0.15) is 0 Å². The van der Waals surface area contributed by atoms with Gasteiger partial charge in [0.25, 0.3) is 0 Å². The van der Waals surface area contributed by atoms with Crippen molar-refractivity contribution in [3.05, 3.63) is 107 Å². The van der Waals surface area contributed by atoms with Gasteiger partial charge in [0.05, 0.1) is 38.0 Å². The van der Waals surface area contributed by atoms with Crippen LogP contribution in [0.5, 0.6) is 0 Å². The lowest BCUT2D eigenvalue weighted by Gasteiger charge is -2.34. The fourth-order valence-corrected chi connectivity index (χ4v) is 8.91. The Bertz CT molecular complexity index is 2280. The van der Waals surface area contributed by atoms with Crippen LogP contribution >= 0.6 is 0 Å². The molecule has 0 bridgehead atoms. The Balaban J connectivity index is 0.908. The molecule has 4 N–H and O–H groups in total. The van der Waals surface area contributed by atoms with E-state index in [2.05, 4.69) is 42.4 Å². The lowest BCUT2D eigenvalue weighted by atomic mass is 9.90. The molecule has 0 radical (unpaired) electrons. The first-order chi connectivity index (χ1) is 31.1. The van der Waals surface area contributed by atoms with Crippen molar-refractivity contribution in [3.63, 3.8) is 0 Å². The Morgan fingerprint density at radius 2 is 1.02 bits per heavy atom. The molecule has 2 aromatic heterocycles. The average Bonchev–Trinajstić information content (AvgIpc) is 4.17. The predicted molar refractivity (Wildman–Crippen MR) is 236 cm³/mol. The number of aromatic nitrogens is 4. The zero-order chi connectivity index (χ0) is 44.7. The van der Waals surface area contributed by atoms with E-state index in [1.807, 2.05) is 74.5 Å². The standard InChI is InChI=1S/C48H54N8O8/c1-29-23-39(55(27-29)45(57)41(53-47(59)61-3)35-15-19-63-20-16-35)43-49-25-37(51-43)33-11-7-31(8-12-33)5-6-32-9-13-34(14-10-32)38-26-50-44(52-38)40-24-30(2)28-56(40)46(58)42(54-48(60)62-4)36-17-21-64-22-18-36/h7-14,23-26,35-36,39-42H,15-22,27-28H2,1-4H3,(H,49,51)(H,50,52)(H,53,59)(H,54,60)/t39?,40?,41-,42-/m0/s1. The average molecular weight is 871 g/mol. The van der Waals surface area contributed by atoms with Crippen molar-refractivity contribution in [2.24, 2.45) is 11.8 Å². The molecule has 64 heavy (non-hydrogen) atoms. The van der Waals surface area contributed by atoms with Crippen LogP contribution in [0.4, 0.5) is 9.59 Å². The van der Waals surface area contributed by atoms with Crippen molar-refractivity contribution in [1.29, 1.82) is 0 Å². The molecule has 16 nitrogen and oxygen atoms in total. The maximum Gasteiger partial charge on any atom is 0.407 e. The van der Waals surface area contributed by atoms with Gasteiger partial charge in [0.15, 0.2) is 0 Å². The maximum absolute atomic E-state index is 14.1. The molecule has 8 rings (SSSR count). The van der Waals surface area contributed by atoms with Gasteiger partial charge in [0, 0.05) is 50.6 Å². The zero-order valence-electron chi connectivity index (χ0n) is 36.5. The summed E-state index contributed by atoms with van der Waals surface area (Å²) >= 11 is 0. The highest BCUT2D eigenvalue weighted by molar-refractivity contribution is 5.88. The smallest absolute Gasteiger partial charge is 0.407 e. The van der Waals surface area contributed by atoms with Gasteiger partial charge in [0.1, 0.15) is 35.8 Å². The molecule has 4 aromatic rings. The molecule has 2 aromatic carbocycles. The predicted octanol–water partition coefficient (Wildman–Crippen LogP) is 5.83. The maximum atomic E-state index is 14.1. The number of H-pyrrole nitrogens is 2. The molecule has 2 fully saturated rings. The third-order valence-electron chi connectivity index (χ3n) is 12.4. The summed E-state index contributed by atoms with van der Waals surface area (Å²) in [5, 5.41) is 5.59. The minimum Gasteiger partial charge on any atom is -0.453 e. The number of imidazole rings is 2. The highest BCUT2D eigenvalue weighted by Crippen LogP contribution is 2.34. The number of hydrogen-bond donors (Lipinski definition) is 4. The summed E-state index contributed by atoms with van der Waals surface area (Å²) in [4.78, 5) is 72.4. The molecule has 4 amide bonds. The summed E-state index contributed by atoms with van der Waals surface area (Å²) in [7, 11) is 2.59. The molecule has 2 unspecified atom stereocenters.